The van der Waals surface area contributed by atoms with E-state index in [2.05, 4.69) is 0 Å². The van der Waals surface area contributed by atoms with Gasteiger partial charge in [-0.2, -0.15) is 0 Å². The minimum absolute atomic E-state index is 0.107. The average Bonchev–Trinajstić information content (AvgIpc) is 2.53. The van der Waals surface area contributed by atoms with Gasteiger partial charge < -0.3 is 4.90 Å². The van der Waals surface area contributed by atoms with Crippen LogP contribution in [0.5, 0.6) is 0 Å². The largest absolute Gasteiger partial charge is 0.341 e. The molecule has 0 aromatic carbocycles. The first-order valence-corrected chi connectivity index (χ1v) is 7.37. The summed E-state index contributed by atoms with van der Waals surface area (Å²) in [4.78, 5) is 13.3. The van der Waals surface area contributed by atoms with Gasteiger partial charge in [0.25, 0.3) is 0 Å². The Morgan fingerprint density at radius 1 is 1.12 bits per heavy atom. The van der Waals surface area contributed by atoms with Gasteiger partial charge in [0.15, 0.2) is 0 Å². The molecule has 0 spiro atoms. The van der Waals surface area contributed by atoms with E-state index in [4.69, 9.17) is 0 Å². The van der Waals surface area contributed by atoms with Crippen molar-refractivity contribution in [1.29, 1.82) is 0 Å². The zero-order valence-electron chi connectivity index (χ0n) is 9.98. The first-order chi connectivity index (χ1) is 7.51. The molecule has 0 N–H and O–H groups in total. The highest BCUT2D eigenvalue weighted by atomic mass is 32.2. The standard InChI is InChI=1S/C10H20N2O3S/c1-3-10(13)11-6-5-7-12(9-8-11)16(14,15)4-2/h3-9H2,1-2H3. The van der Waals surface area contributed by atoms with Crippen LogP contribution in [0.2, 0.25) is 0 Å². The molecule has 1 aliphatic heterocycles. The number of nitrogens with zero attached hydrogens (tertiary/aromatic N) is 2. The van der Waals surface area contributed by atoms with E-state index in [1.165, 1.54) is 4.31 Å². The number of amides is 1. The normalized spacial score (nSPS) is 19.5. The maximum Gasteiger partial charge on any atom is 0.222 e. The van der Waals surface area contributed by atoms with Gasteiger partial charge in [0.05, 0.1) is 5.75 Å². The van der Waals surface area contributed by atoms with Crippen LogP contribution in [0.1, 0.15) is 26.7 Å². The number of rotatable bonds is 3. The molecule has 94 valence electrons. The SMILES string of the molecule is CCC(=O)N1CCCN(S(=O)(=O)CC)CC1. The van der Waals surface area contributed by atoms with Crippen LogP contribution in [0.15, 0.2) is 0 Å². The van der Waals surface area contributed by atoms with E-state index >= 15 is 0 Å². The highest BCUT2D eigenvalue weighted by molar-refractivity contribution is 7.89. The summed E-state index contributed by atoms with van der Waals surface area (Å²) in [6, 6.07) is 0. The van der Waals surface area contributed by atoms with E-state index in [9.17, 15) is 13.2 Å². The molecule has 0 unspecified atom stereocenters. The molecule has 16 heavy (non-hydrogen) atoms. The quantitative estimate of drug-likeness (QED) is 0.721. The molecule has 1 fully saturated rings. The lowest BCUT2D eigenvalue weighted by Gasteiger charge is -2.21. The van der Waals surface area contributed by atoms with Crippen molar-refractivity contribution in [2.45, 2.75) is 26.7 Å². The third-order valence-corrected chi connectivity index (χ3v) is 4.75. The first-order valence-electron chi connectivity index (χ1n) is 5.76. The molecule has 0 atom stereocenters. The summed E-state index contributed by atoms with van der Waals surface area (Å²) in [5.74, 6) is 0.241. The Morgan fingerprint density at radius 3 is 2.38 bits per heavy atom. The monoisotopic (exact) mass is 248 g/mol. The summed E-state index contributed by atoms with van der Waals surface area (Å²) in [5, 5.41) is 0. The van der Waals surface area contributed by atoms with Gasteiger partial charge >= 0.3 is 0 Å². The minimum atomic E-state index is -3.11. The van der Waals surface area contributed by atoms with Crippen molar-refractivity contribution in [3.05, 3.63) is 0 Å². The number of carbonyl (C=O) groups excluding carboxylic acids is 1. The Kier molecular flexibility index (Phi) is 4.73. The van der Waals surface area contributed by atoms with Gasteiger partial charge in [-0.05, 0) is 13.3 Å². The van der Waals surface area contributed by atoms with Crippen molar-refractivity contribution in [3.8, 4) is 0 Å². The number of carbonyl (C=O) groups is 1. The van der Waals surface area contributed by atoms with Gasteiger partial charge in [0.2, 0.25) is 15.9 Å². The molecule has 5 nitrogen and oxygen atoms in total. The van der Waals surface area contributed by atoms with Gasteiger partial charge in [0.1, 0.15) is 0 Å². The van der Waals surface area contributed by atoms with Crippen LogP contribution in [0.25, 0.3) is 0 Å². The minimum Gasteiger partial charge on any atom is -0.341 e. The molecule has 0 saturated carbocycles. The Labute approximate surface area is 97.5 Å². The molecule has 0 bridgehead atoms. The number of hydrogen-bond donors (Lipinski definition) is 0. The lowest BCUT2D eigenvalue weighted by molar-refractivity contribution is -0.130. The van der Waals surface area contributed by atoms with E-state index in [1.807, 2.05) is 6.92 Å². The van der Waals surface area contributed by atoms with Crippen molar-refractivity contribution >= 4 is 15.9 Å². The molecule has 1 aliphatic rings. The van der Waals surface area contributed by atoms with Crippen LogP contribution in [0.3, 0.4) is 0 Å². The van der Waals surface area contributed by atoms with E-state index in [1.54, 1.807) is 11.8 Å². The molecular formula is C10H20N2O3S. The Hall–Kier alpha value is -0.620. The summed E-state index contributed by atoms with van der Waals surface area (Å²) in [7, 11) is -3.11. The zero-order chi connectivity index (χ0) is 12.2. The highest BCUT2D eigenvalue weighted by Gasteiger charge is 2.24. The molecule has 0 aromatic rings. The second-order valence-corrected chi connectivity index (χ2v) is 6.15. The van der Waals surface area contributed by atoms with E-state index in [0.717, 1.165) is 6.42 Å². The smallest absolute Gasteiger partial charge is 0.222 e. The lowest BCUT2D eigenvalue weighted by atomic mass is 10.3. The molecule has 0 aromatic heterocycles. The predicted molar refractivity (Wildman–Crippen MR) is 62.5 cm³/mol. The van der Waals surface area contributed by atoms with E-state index in [0.29, 0.717) is 32.6 Å². The molecule has 0 radical (unpaired) electrons. The Balaban J connectivity index is 2.63. The highest BCUT2D eigenvalue weighted by Crippen LogP contribution is 2.09. The molecule has 1 rings (SSSR count). The average molecular weight is 248 g/mol. The van der Waals surface area contributed by atoms with Crippen LogP contribution >= 0.6 is 0 Å². The van der Waals surface area contributed by atoms with Gasteiger partial charge in [0, 0.05) is 32.6 Å². The molecule has 1 amide bonds. The third-order valence-electron chi connectivity index (χ3n) is 2.87. The summed E-state index contributed by atoms with van der Waals surface area (Å²) < 4.78 is 24.8. The summed E-state index contributed by atoms with van der Waals surface area (Å²) in [5.41, 5.74) is 0. The second-order valence-electron chi connectivity index (χ2n) is 3.89. The van der Waals surface area contributed by atoms with Crippen LogP contribution in [-0.2, 0) is 14.8 Å². The fraction of sp³-hybridized carbons (Fsp3) is 0.900. The summed E-state index contributed by atoms with van der Waals surface area (Å²) in [6.07, 6.45) is 1.21. The lowest BCUT2D eigenvalue weighted by Crippen LogP contribution is -2.37. The van der Waals surface area contributed by atoms with Crippen LogP contribution in [-0.4, -0.2) is 55.5 Å². The Bertz CT molecular complexity index is 340. The van der Waals surface area contributed by atoms with Crippen molar-refractivity contribution in [2.75, 3.05) is 31.9 Å². The van der Waals surface area contributed by atoms with Crippen LogP contribution in [0.4, 0.5) is 0 Å². The first kappa shape index (κ1) is 13.4. The number of sulfonamides is 1. The van der Waals surface area contributed by atoms with Gasteiger partial charge in [-0.3, -0.25) is 4.79 Å². The molecule has 1 heterocycles. The fourth-order valence-electron chi connectivity index (χ4n) is 1.83. The molecule has 0 aliphatic carbocycles. The van der Waals surface area contributed by atoms with Crippen molar-refractivity contribution < 1.29 is 13.2 Å². The maximum atomic E-state index is 11.7. The van der Waals surface area contributed by atoms with Crippen LogP contribution in [0, 0.1) is 0 Å². The second kappa shape index (κ2) is 5.63. The van der Waals surface area contributed by atoms with E-state index in [-0.39, 0.29) is 11.7 Å². The fourth-order valence-corrected chi connectivity index (χ4v) is 2.96. The van der Waals surface area contributed by atoms with Crippen molar-refractivity contribution in [2.24, 2.45) is 0 Å². The topological polar surface area (TPSA) is 57.7 Å². The number of hydrogen-bond acceptors (Lipinski definition) is 3. The van der Waals surface area contributed by atoms with Gasteiger partial charge in [-0.15, -0.1) is 0 Å². The molecule has 1 saturated heterocycles. The predicted octanol–water partition coefficient (Wildman–Crippen LogP) is 0.280. The summed E-state index contributed by atoms with van der Waals surface area (Å²) >= 11 is 0. The van der Waals surface area contributed by atoms with Crippen molar-refractivity contribution in [1.82, 2.24) is 9.21 Å². The van der Waals surface area contributed by atoms with Gasteiger partial charge in [-0.25, -0.2) is 12.7 Å². The summed E-state index contributed by atoms with van der Waals surface area (Å²) in [6.45, 7) is 5.63. The van der Waals surface area contributed by atoms with Gasteiger partial charge in [-0.1, -0.05) is 6.92 Å². The third kappa shape index (κ3) is 3.18. The molecular weight excluding hydrogens is 228 g/mol. The zero-order valence-corrected chi connectivity index (χ0v) is 10.8. The maximum absolute atomic E-state index is 11.7. The molecule has 6 heteroatoms. The van der Waals surface area contributed by atoms with Crippen LogP contribution < -0.4 is 0 Å². The Morgan fingerprint density at radius 2 is 1.81 bits per heavy atom. The van der Waals surface area contributed by atoms with E-state index < -0.39 is 10.0 Å². The van der Waals surface area contributed by atoms with Crippen molar-refractivity contribution in [3.63, 3.8) is 0 Å².